The normalized spacial score (nSPS) is 16.5. The molecule has 2 heterocycles. The van der Waals surface area contributed by atoms with E-state index in [-0.39, 0.29) is 17.8 Å². The van der Waals surface area contributed by atoms with Crippen molar-refractivity contribution < 1.29 is 14.3 Å². The molecule has 4 rings (SSSR count). The van der Waals surface area contributed by atoms with Gasteiger partial charge < -0.3 is 4.74 Å². The molecule has 31 heavy (non-hydrogen) atoms. The predicted octanol–water partition coefficient (Wildman–Crippen LogP) is 4.26. The molecule has 1 atom stereocenters. The van der Waals surface area contributed by atoms with Gasteiger partial charge in [-0.05, 0) is 53.1 Å². The predicted molar refractivity (Wildman–Crippen MR) is 119 cm³/mol. The van der Waals surface area contributed by atoms with E-state index in [2.05, 4.69) is 9.88 Å². The first kappa shape index (κ1) is 21.2. The number of halogens is 1. The van der Waals surface area contributed by atoms with Gasteiger partial charge in [-0.25, -0.2) is 4.79 Å². The van der Waals surface area contributed by atoms with Gasteiger partial charge in [0.05, 0.1) is 18.7 Å². The van der Waals surface area contributed by atoms with Gasteiger partial charge in [-0.15, -0.1) is 0 Å². The molecule has 0 unspecified atom stereocenters. The molecule has 1 aliphatic heterocycles. The minimum Gasteiger partial charge on any atom is -0.465 e. The number of Topliss-reactive ketones (excluding diaryl/α,β-unsaturated/α-hetero) is 1. The number of carbonyl (C=O) groups is 2. The van der Waals surface area contributed by atoms with E-state index in [9.17, 15) is 9.59 Å². The highest BCUT2D eigenvalue weighted by Gasteiger charge is 2.31. The molecule has 3 aromatic rings. The van der Waals surface area contributed by atoms with E-state index in [0.717, 1.165) is 22.4 Å². The largest absolute Gasteiger partial charge is 0.465 e. The minimum atomic E-state index is -0.365. The number of esters is 1. The van der Waals surface area contributed by atoms with Crippen molar-refractivity contribution >= 4 is 23.4 Å². The Kier molecular flexibility index (Phi) is 6.44. The summed E-state index contributed by atoms with van der Waals surface area (Å²) in [4.78, 5) is 31.6. The van der Waals surface area contributed by atoms with Crippen LogP contribution < -0.4 is 0 Å². The van der Waals surface area contributed by atoms with E-state index in [1.807, 2.05) is 48.5 Å². The van der Waals surface area contributed by atoms with Crippen LogP contribution in [-0.4, -0.2) is 34.8 Å². The zero-order chi connectivity index (χ0) is 21.8. The number of pyridine rings is 1. The van der Waals surface area contributed by atoms with E-state index < -0.39 is 0 Å². The average Bonchev–Trinajstić information content (AvgIpc) is 2.90. The van der Waals surface area contributed by atoms with Gasteiger partial charge in [0, 0.05) is 42.8 Å². The van der Waals surface area contributed by atoms with Crippen molar-refractivity contribution in [2.75, 3.05) is 7.11 Å². The number of aromatic nitrogens is 1. The van der Waals surface area contributed by atoms with Crippen LogP contribution in [0.2, 0.25) is 5.02 Å². The van der Waals surface area contributed by atoms with Crippen LogP contribution in [0.25, 0.3) is 0 Å². The molecule has 1 aliphatic rings. The smallest absolute Gasteiger partial charge is 0.337 e. The Morgan fingerprint density at radius 2 is 1.94 bits per heavy atom. The number of ketones is 1. The van der Waals surface area contributed by atoms with Crippen LogP contribution in [-0.2, 0) is 35.5 Å². The fourth-order valence-corrected chi connectivity index (χ4v) is 4.17. The molecule has 0 bridgehead atoms. The van der Waals surface area contributed by atoms with Crippen LogP contribution in [0.5, 0.6) is 0 Å². The summed E-state index contributed by atoms with van der Waals surface area (Å²) >= 11 is 6.19. The van der Waals surface area contributed by atoms with Crippen LogP contribution in [0.4, 0.5) is 0 Å². The molecule has 0 amide bonds. The van der Waals surface area contributed by atoms with Gasteiger partial charge in [0.1, 0.15) is 0 Å². The Morgan fingerprint density at radius 1 is 1.13 bits per heavy atom. The second-order valence-electron chi connectivity index (χ2n) is 7.69. The van der Waals surface area contributed by atoms with Crippen molar-refractivity contribution in [3.63, 3.8) is 0 Å². The lowest BCUT2D eigenvalue weighted by atomic mass is 9.99. The highest BCUT2D eigenvalue weighted by atomic mass is 35.5. The van der Waals surface area contributed by atoms with Crippen molar-refractivity contribution in [3.05, 3.63) is 99.8 Å². The first-order valence-electron chi connectivity index (χ1n) is 10.1. The molecule has 158 valence electrons. The number of hydrogen-bond donors (Lipinski definition) is 0. The quantitative estimate of drug-likeness (QED) is 0.561. The Balaban J connectivity index is 1.64. The molecule has 0 N–H and O–H groups in total. The highest BCUT2D eigenvalue weighted by Crippen LogP contribution is 2.26. The number of hydrogen-bond acceptors (Lipinski definition) is 5. The van der Waals surface area contributed by atoms with E-state index in [0.29, 0.717) is 36.5 Å². The summed E-state index contributed by atoms with van der Waals surface area (Å²) in [5.41, 5.74) is 4.49. The average molecular weight is 435 g/mol. The molecule has 0 radical (unpaired) electrons. The van der Waals surface area contributed by atoms with Crippen molar-refractivity contribution in [1.29, 1.82) is 0 Å². The summed E-state index contributed by atoms with van der Waals surface area (Å²) in [6.07, 6.45) is 2.65. The maximum Gasteiger partial charge on any atom is 0.337 e. The number of ether oxygens (including phenoxy) is 1. The van der Waals surface area contributed by atoms with Crippen molar-refractivity contribution in [2.45, 2.75) is 32.0 Å². The highest BCUT2D eigenvalue weighted by molar-refractivity contribution is 6.30. The SMILES string of the molecule is COC(=O)c1ccc(CN2Cc3ccc(Cl)cc3CC(=O)[C@H]2Cc2ccccn2)cc1. The van der Waals surface area contributed by atoms with Gasteiger partial charge in [0.25, 0.3) is 0 Å². The standard InChI is InChI=1S/C25H23ClN2O3/c1-31-25(30)18-7-5-17(6-8-18)15-28-16-19-9-10-21(26)12-20(19)13-24(29)23(28)14-22-4-2-3-11-27-22/h2-12,23H,13-16H2,1H3/t23-/m1/s1. The monoisotopic (exact) mass is 434 g/mol. The molecule has 0 aliphatic carbocycles. The van der Waals surface area contributed by atoms with Crippen molar-refractivity contribution in [3.8, 4) is 0 Å². The molecule has 0 saturated heterocycles. The third kappa shape index (κ3) is 5.01. The number of methoxy groups -OCH3 is 1. The van der Waals surface area contributed by atoms with Gasteiger partial charge in [-0.2, -0.15) is 0 Å². The number of rotatable bonds is 5. The number of benzene rings is 2. The zero-order valence-corrected chi connectivity index (χ0v) is 18.0. The fraction of sp³-hybridized carbons (Fsp3) is 0.240. The Bertz CT molecular complexity index is 1080. The van der Waals surface area contributed by atoms with Crippen LogP contribution in [0.15, 0.2) is 66.9 Å². The molecule has 2 aromatic carbocycles. The lowest BCUT2D eigenvalue weighted by Gasteiger charge is -2.29. The maximum absolute atomic E-state index is 13.3. The van der Waals surface area contributed by atoms with Gasteiger partial charge in [-0.1, -0.05) is 35.9 Å². The topological polar surface area (TPSA) is 59.5 Å². The fourth-order valence-electron chi connectivity index (χ4n) is 3.98. The van der Waals surface area contributed by atoms with Crippen LogP contribution in [0.1, 0.15) is 32.7 Å². The van der Waals surface area contributed by atoms with E-state index in [4.69, 9.17) is 16.3 Å². The summed E-state index contributed by atoms with van der Waals surface area (Å²) in [5.74, 6) is -0.215. The third-order valence-corrected chi connectivity index (χ3v) is 5.84. The second kappa shape index (κ2) is 9.41. The number of fused-ring (bicyclic) bond motifs is 1. The van der Waals surface area contributed by atoms with Crippen molar-refractivity contribution in [2.24, 2.45) is 0 Å². The van der Waals surface area contributed by atoms with Gasteiger partial charge in [-0.3, -0.25) is 14.7 Å². The van der Waals surface area contributed by atoms with E-state index in [1.54, 1.807) is 18.3 Å². The van der Waals surface area contributed by atoms with Gasteiger partial charge >= 0.3 is 5.97 Å². The van der Waals surface area contributed by atoms with E-state index in [1.165, 1.54) is 7.11 Å². The lowest BCUT2D eigenvalue weighted by Crippen LogP contribution is -2.41. The Hall–Kier alpha value is -3.02. The molecular weight excluding hydrogens is 412 g/mol. The summed E-state index contributed by atoms with van der Waals surface area (Å²) in [6.45, 7) is 1.21. The molecule has 5 nitrogen and oxygen atoms in total. The van der Waals surface area contributed by atoms with E-state index >= 15 is 0 Å². The first-order valence-corrected chi connectivity index (χ1v) is 10.5. The Morgan fingerprint density at radius 3 is 2.65 bits per heavy atom. The van der Waals surface area contributed by atoms with Crippen LogP contribution in [0.3, 0.4) is 0 Å². The maximum atomic E-state index is 13.3. The summed E-state index contributed by atoms with van der Waals surface area (Å²) in [6, 6.07) is 18.5. The van der Waals surface area contributed by atoms with Crippen LogP contribution in [0, 0.1) is 0 Å². The summed E-state index contributed by atoms with van der Waals surface area (Å²) < 4.78 is 4.78. The zero-order valence-electron chi connectivity index (χ0n) is 17.3. The molecule has 0 saturated carbocycles. The molecular formula is C25H23ClN2O3. The second-order valence-corrected chi connectivity index (χ2v) is 8.13. The number of carbonyl (C=O) groups excluding carboxylic acids is 2. The Labute approximate surface area is 186 Å². The third-order valence-electron chi connectivity index (χ3n) is 5.61. The molecule has 0 spiro atoms. The molecule has 6 heteroatoms. The first-order chi connectivity index (χ1) is 15.0. The van der Waals surface area contributed by atoms with Gasteiger partial charge in [0.15, 0.2) is 5.78 Å². The lowest BCUT2D eigenvalue weighted by molar-refractivity contribution is -0.123. The van der Waals surface area contributed by atoms with Crippen molar-refractivity contribution in [1.82, 2.24) is 9.88 Å². The summed E-state index contributed by atoms with van der Waals surface area (Å²) in [7, 11) is 1.37. The summed E-state index contributed by atoms with van der Waals surface area (Å²) in [5, 5.41) is 0.639. The molecule has 0 fully saturated rings. The minimum absolute atomic E-state index is 0.151. The van der Waals surface area contributed by atoms with Crippen LogP contribution >= 0.6 is 11.6 Å². The number of nitrogens with zero attached hydrogens (tertiary/aromatic N) is 2. The van der Waals surface area contributed by atoms with Gasteiger partial charge in [0.2, 0.25) is 0 Å². The molecule has 1 aromatic heterocycles.